The molecule has 0 saturated carbocycles. The standard InChI is InChI=1S/C25H24O2Se/c26-24-25(28-23-14-8-3-9-15-23,17-16-20-10-4-1-5-11-20)22(19-27-24)18-21-12-6-2-7-13-21/h1-15,22H,16-19H2/t22-,25-/m0/s1. The van der Waals surface area contributed by atoms with Crippen LogP contribution >= 0.6 is 0 Å². The van der Waals surface area contributed by atoms with Crippen LogP contribution in [0.15, 0.2) is 91.0 Å². The Kier molecular flexibility index (Phi) is 5.95. The molecule has 0 amide bonds. The van der Waals surface area contributed by atoms with Gasteiger partial charge in [0, 0.05) is 0 Å². The van der Waals surface area contributed by atoms with Crippen molar-refractivity contribution in [2.24, 2.45) is 5.92 Å². The SMILES string of the molecule is O=C1OC[C@H](Cc2ccccc2)[C@]1(CCc1ccccc1)[Se]c1ccccc1. The van der Waals surface area contributed by atoms with Gasteiger partial charge in [0.25, 0.3) is 0 Å². The quantitative estimate of drug-likeness (QED) is 0.410. The predicted molar refractivity (Wildman–Crippen MR) is 114 cm³/mol. The number of benzene rings is 3. The van der Waals surface area contributed by atoms with Crippen LogP contribution in [0.3, 0.4) is 0 Å². The summed E-state index contributed by atoms with van der Waals surface area (Å²) in [6.45, 7) is 0.525. The Morgan fingerprint density at radius 3 is 2.04 bits per heavy atom. The number of ether oxygens (including phenoxy) is 1. The molecule has 142 valence electrons. The van der Waals surface area contributed by atoms with E-state index in [1.807, 2.05) is 18.2 Å². The van der Waals surface area contributed by atoms with E-state index >= 15 is 0 Å². The van der Waals surface area contributed by atoms with Crippen LogP contribution in [0.2, 0.25) is 4.31 Å². The van der Waals surface area contributed by atoms with Crippen molar-refractivity contribution in [2.45, 2.75) is 23.6 Å². The molecule has 0 unspecified atom stereocenters. The van der Waals surface area contributed by atoms with E-state index in [0.29, 0.717) is 6.61 Å². The molecule has 0 aliphatic carbocycles. The van der Waals surface area contributed by atoms with Crippen molar-refractivity contribution >= 4 is 25.4 Å². The Morgan fingerprint density at radius 1 is 0.821 bits per heavy atom. The first-order chi connectivity index (χ1) is 13.8. The van der Waals surface area contributed by atoms with Gasteiger partial charge in [-0.2, -0.15) is 0 Å². The molecule has 0 bridgehead atoms. The Morgan fingerprint density at radius 2 is 1.39 bits per heavy atom. The van der Waals surface area contributed by atoms with Gasteiger partial charge in [-0.25, -0.2) is 0 Å². The van der Waals surface area contributed by atoms with Crippen molar-refractivity contribution in [3.8, 4) is 0 Å². The fraction of sp³-hybridized carbons (Fsp3) is 0.240. The zero-order chi connectivity index (χ0) is 19.2. The average Bonchev–Trinajstić information content (AvgIpc) is 3.04. The number of hydrogen-bond acceptors (Lipinski definition) is 2. The third-order valence-electron chi connectivity index (χ3n) is 5.42. The van der Waals surface area contributed by atoms with Gasteiger partial charge in [-0.15, -0.1) is 0 Å². The predicted octanol–water partition coefficient (Wildman–Crippen LogP) is 4.22. The molecule has 3 aromatic carbocycles. The van der Waals surface area contributed by atoms with Crippen molar-refractivity contribution in [1.29, 1.82) is 0 Å². The van der Waals surface area contributed by atoms with Crippen LogP contribution in [0.25, 0.3) is 0 Å². The van der Waals surface area contributed by atoms with E-state index in [2.05, 4.69) is 72.8 Å². The minimum absolute atomic E-state index is 0.00628. The van der Waals surface area contributed by atoms with Crippen LogP contribution in [0.4, 0.5) is 0 Å². The molecule has 0 spiro atoms. The van der Waals surface area contributed by atoms with E-state index in [1.54, 1.807) is 0 Å². The van der Waals surface area contributed by atoms with Gasteiger partial charge in [0.1, 0.15) is 0 Å². The van der Waals surface area contributed by atoms with Crippen molar-refractivity contribution in [2.75, 3.05) is 6.61 Å². The molecule has 0 radical (unpaired) electrons. The van der Waals surface area contributed by atoms with Gasteiger partial charge in [-0.3, -0.25) is 0 Å². The molecular formula is C25H24O2Se. The first kappa shape index (κ1) is 19.0. The van der Waals surface area contributed by atoms with Crippen molar-refractivity contribution < 1.29 is 9.53 Å². The average molecular weight is 435 g/mol. The molecule has 3 aromatic rings. The van der Waals surface area contributed by atoms with E-state index in [-0.39, 0.29) is 26.8 Å². The Balaban J connectivity index is 1.64. The zero-order valence-corrected chi connectivity index (χ0v) is 17.5. The summed E-state index contributed by atoms with van der Waals surface area (Å²) in [7, 11) is 0. The number of carbonyl (C=O) groups is 1. The number of esters is 1. The van der Waals surface area contributed by atoms with Crippen LogP contribution in [0.5, 0.6) is 0 Å². The monoisotopic (exact) mass is 436 g/mol. The summed E-state index contributed by atoms with van der Waals surface area (Å²) >= 11 is 0.0239. The summed E-state index contributed by atoms with van der Waals surface area (Å²) < 4.78 is 6.54. The molecule has 0 aromatic heterocycles. The molecule has 0 N–H and O–H groups in total. The van der Waals surface area contributed by atoms with Crippen LogP contribution in [0.1, 0.15) is 17.5 Å². The second-order valence-electron chi connectivity index (χ2n) is 7.28. The number of cyclic esters (lactones) is 1. The van der Waals surface area contributed by atoms with Crippen LogP contribution < -0.4 is 4.46 Å². The van der Waals surface area contributed by atoms with Crippen LogP contribution in [0, 0.1) is 5.92 Å². The van der Waals surface area contributed by atoms with E-state index < -0.39 is 4.31 Å². The first-order valence-electron chi connectivity index (χ1n) is 9.75. The van der Waals surface area contributed by atoms with E-state index in [4.69, 9.17) is 4.74 Å². The number of hydrogen-bond donors (Lipinski definition) is 0. The van der Waals surface area contributed by atoms with Gasteiger partial charge in [0.05, 0.1) is 0 Å². The molecule has 1 aliphatic rings. The summed E-state index contributed by atoms with van der Waals surface area (Å²) in [4.78, 5) is 13.1. The van der Waals surface area contributed by atoms with E-state index in [1.165, 1.54) is 15.6 Å². The van der Waals surface area contributed by atoms with Crippen LogP contribution in [-0.2, 0) is 22.4 Å². The molecular weight excluding hydrogens is 411 g/mol. The molecule has 1 saturated heterocycles. The summed E-state index contributed by atoms with van der Waals surface area (Å²) in [5.74, 6) is 0.208. The maximum atomic E-state index is 13.1. The molecule has 2 atom stereocenters. The third kappa shape index (κ3) is 4.22. The first-order valence-corrected chi connectivity index (χ1v) is 11.5. The van der Waals surface area contributed by atoms with Gasteiger partial charge < -0.3 is 0 Å². The molecule has 4 rings (SSSR count). The van der Waals surface area contributed by atoms with Gasteiger partial charge >= 0.3 is 173 Å². The summed E-state index contributed by atoms with van der Waals surface area (Å²) in [5, 5.41) is 0. The molecule has 2 nitrogen and oxygen atoms in total. The van der Waals surface area contributed by atoms with Gasteiger partial charge in [-0.05, 0) is 0 Å². The summed E-state index contributed by atoms with van der Waals surface area (Å²) in [6.07, 6.45) is 2.62. The minimum atomic E-state index is -0.417. The number of aryl methyl sites for hydroxylation is 1. The topological polar surface area (TPSA) is 26.3 Å². The van der Waals surface area contributed by atoms with Gasteiger partial charge in [0.15, 0.2) is 0 Å². The maximum absolute atomic E-state index is 13.1. The third-order valence-corrected chi connectivity index (χ3v) is 8.72. The van der Waals surface area contributed by atoms with Gasteiger partial charge in [-0.1, -0.05) is 0 Å². The number of rotatable bonds is 7. The van der Waals surface area contributed by atoms with Crippen LogP contribution in [-0.4, -0.2) is 27.5 Å². The van der Waals surface area contributed by atoms with Crippen molar-refractivity contribution in [3.63, 3.8) is 0 Å². The zero-order valence-electron chi connectivity index (χ0n) is 15.8. The van der Waals surface area contributed by atoms with E-state index in [9.17, 15) is 4.79 Å². The fourth-order valence-electron chi connectivity index (χ4n) is 3.88. The number of carbonyl (C=O) groups excluding carboxylic acids is 1. The summed E-state index contributed by atoms with van der Waals surface area (Å²) in [5.41, 5.74) is 2.56. The second kappa shape index (κ2) is 8.77. The second-order valence-corrected chi connectivity index (χ2v) is 10.2. The Bertz CT molecular complexity index is 896. The molecule has 1 fully saturated rings. The fourth-order valence-corrected chi connectivity index (χ4v) is 6.77. The molecule has 3 heteroatoms. The van der Waals surface area contributed by atoms with Crippen molar-refractivity contribution in [1.82, 2.24) is 0 Å². The molecule has 1 heterocycles. The molecule has 28 heavy (non-hydrogen) atoms. The molecule has 1 aliphatic heterocycles. The Labute approximate surface area is 173 Å². The van der Waals surface area contributed by atoms with E-state index in [0.717, 1.165) is 19.3 Å². The van der Waals surface area contributed by atoms with Crippen molar-refractivity contribution in [3.05, 3.63) is 102 Å². The normalized spacial score (nSPS) is 21.4. The Hall–Kier alpha value is -2.35. The summed E-state index contributed by atoms with van der Waals surface area (Å²) in [6, 6.07) is 31.4. The van der Waals surface area contributed by atoms with Gasteiger partial charge in [0.2, 0.25) is 0 Å².